The van der Waals surface area contributed by atoms with E-state index in [1.165, 1.54) is 38.7 Å². The summed E-state index contributed by atoms with van der Waals surface area (Å²) in [6, 6.07) is 23.5. The second-order valence-corrected chi connectivity index (χ2v) is 7.95. The Balaban J connectivity index is 1.46. The second kappa shape index (κ2) is 9.65. The van der Waals surface area contributed by atoms with Gasteiger partial charge in [-0.15, -0.1) is 0 Å². The summed E-state index contributed by atoms with van der Waals surface area (Å²) in [6.07, 6.45) is 4.97. The molecule has 1 aromatic heterocycles. The Bertz CT molecular complexity index is 1200. The number of nitrogens with one attached hydrogen (secondary N) is 1. The van der Waals surface area contributed by atoms with Gasteiger partial charge in [0.15, 0.2) is 0 Å². The lowest BCUT2D eigenvalue weighted by molar-refractivity contribution is 0.410. The molecule has 0 spiro atoms. The van der Waals surface area contributed by atoms with Crippen LogP contribution in [0.25, 0.3) is 10.9 Å². The summed E-state index contributed by atoms with van der Waals surface area (Å²) in [5.74, 6) is 0.934. The summed E-state index contributed by atoms with van der Waals surface area (Å²) >= 11 is 0. The van der Waals surface area contributed by atoms with Crippen LogP contribution in [0.1, 0.15) is 41.7 Å². The molecule has 31 heavy (non-hydrogen) atoms. The van der Waals surface area contributed by atoms with E-state index < -0.39 is 0 Å². The number of methoxy groups -OCH3 is 1. The van der Waals surface area contributed by atoms with Gasteiger partial charge in [0, 0.05) is 35.8 Å². The van der Waals surface area contributed by atoms with E-state index in [1.807, 2.05) is 12.1 Å². The number of hydrogen-bond donors (Lipinski definition) is 1. The zero-order valence-electron chi connectivity index (χ0n) is 18.6. The van der Waals surface area contributed by atoms with E-state index >= 15 is 0 Å². The Morgan fingerprint density at radius 1 is 0.935 bits per heavy atom. The van der Waals surface area contributed by atoms with E-state index in [0.29, 0.717) is 0 Å². The van der Waals surface area contributed by atoms with Crippen LogP contribution in [0.4, 0.5) is 0 Å². The van der Waals surface area contributed by atoms with Crippen molar-refractivity contribution in [3.8, 4) is 5.75 Å². The van der Waals surface area contributed by atoms with Crippen molar-refractivity contribution >= 4 is 16.6 Å². The van der Waals surface area contributed by atoms with Crippen LogP contribution in [-0.4, -0.2) is 24.4 Å². The topological polar surface area (TPSA) is 37.4 Å². The van der Waals surface area contributed by atoms with E-state index in [-0.39, 0.29) is 0 Å². The lowest BCUT2D eigenvalue weighted by atomic mass is 10.0. The summed E-state index contributed by atoms with van der Waals surface area (Å²) in [6.45, 7) is 5.08. The number of aromatic amines is 1. The summed E-state index contributed by atoms with van der Waals surface area (Å²) in [5, 5.41) is 1.33. The fraction of sp³-hybridized carbons (Fsp3) is 0.250. The molecule has 0 radical (unpaired) electrons. The van der Waals surface area contributed by atoms with Crippen LogP contribution in [0, 0.1) is 0 Å². The molecular weight excluding hydrogens is 380 g/mol. The van der Waals surface area contributed by atoms with Crippen LogP contribution in [0.3, 0.4) is 0 Å². The molecular formula is C28H30N2O. The van der Waals surface area contributed by atoms with Gasteiger partial charge in [-0.2, -0.15) is 0 Å². The second-order valence-electron chi connectivity index (χ2n) is 7.95. The molecule has 0 bridgehead atoms. The number of aromatic nitrogens is 1. The first kappa shape index (κ1) is 20.9. The van der Waals surface area contributed by atoms with Gasteiger partial charge >= 0.3 is 0 Å². The molecule has 1 N–H and O–H groups in total. The third kappa shape index (κ3) is 4.88. The Kier molecular flexibility index (Phi) is 6.51. The van der Waals surface area contributed by atoms with Crippen LogP contribution >= 0.6 is 0 Å². The molecule has 158 valence electrons. The van der Waals surface area contributed by atoms with Gasteiger partial charge in [0.05, 0.1) is 7.11 Å². The largest absolute Gasteiger partial charge is 0.496 e. The lowest BCUT2D eigenvalue weighted by Gasteiger charge is -2.09. The summed E-state index contributed by atoms with van der Waals surface area (Å²) in [7, 11) is 1.73. The minimum Gasteiger partial charge on any atom is -0.496 e. The number of fused-ring (bicyclic) bond motifs is 1. The van der Waals surface area contributed by atoms with Gasteiger partial charge < -0.3 is 9.72 Å². The summed E-state index contributed by atoms with van der Waals surface area (Å²) in [4.78, 5) is 8.27. The van der Waals surface area contributed by atoms with Crippen LogP contribution in [0.2, 0.25) is 0 Å². The predicted molar refractivity (Wildman–Crippen MR) is 131 cm³/mol. The fourth-order valence-corrected chi connectivity index (χ4v) is 4.06. The third-order valence-corrected chi connectivity index (χ3v) is 5.90. The molecule has 3 aromatic carbocycles. The number of nitrogens with zero attached hydrogens (tertiary/aromatic N) is 1. The molecule has 0 fully saturated rings. The number of para-hydroxylation sites is 1. The van der Waals surface area contributed by atoms with Crippen LogP contribution in [0.5, 0.6) is 5.75 Å². The van der Waals surface area contributed by atoms with Gasteiger partial charge in [-0.25, -0.2) is 0 Å². The summed E-state index contributed by atoms with van der Waals surface area (Å²) < 4.78 is 5.50. The highest BCUT2D eigenvalue weighted by Gasteiger charge is 2.07. The summed E-state index contributed by atoms with van der Waals surface area (Å²) in [5.41, 5.74) is 8.64. The first-order valence-electron chi connectivity index (χ1n) is 11.0. The maximum Gasteiger partial charge on any atom is 0.122 e. The molecule has 0 aliphatic heterocycles. The zero-order chi connectivity index (χ0) is 21.6. The van der Waals surface area contributed by atoms with Gasteiger partial charge in [0.2, 0.25) is 0 Å². The SMILES string of the molecule is CCc1ccc2[nH]cc(CCN=C(C)c3cccc(Cc4ccccc4OC)c3)c2c1. The first-order valence-corrected chi connectivity index (χ1v) is 11.0. The molecule has 0 unspecified atom stereocenters. The van der Waals surface area contributed by atoms with Crippen molar-refractivity contribution in [2.75, 3.05) is 13.7 Å². The standard InChI is InChI=1S/C28H30N2O/c1-4-21-12-13-27-26(18-21)25(19-30-27)14-15-29-20(2)23-10-7-8-22(16-23)17-24-9-5-6-11-28(24)31-3/h5-13,16,18-19,30H,4,14-15,17H2,1-3H3. The Labute approximate surface area is 184 Å². The number of rotatable bonds is 8. The minimum absolute atomic E-state index is 0.784. The number of benzene rings is 3. The van der Waals surface area contributed by atoms with Gasteiger partial charge in [-0.05, 0) is 71.8 Å². The molecule has 4 rings (SSSR count). The van der Waals surface area contributed by atoms with Gasteiger partial charge in [-0.1, -0.05) is 49.4 Å². The predicted octanol–water partition coefficient (Wildman–Crippen LogP) is 6.38. The minimum atomic E-state index is 0.784. The van der Waals surface area contributed by atoms with Crippen molar-refractivity contribution in [1.82, 2.24) is 4.98 Å². The fourth-order valence-electron chi connectivity index (χ4n) is 4.06. The van der Waals surface area contributed by atoms with Crippen LogP contribution in [-0.2, 0) is 19.3 Å². The van der Waals surface area contributed by atoms with Crippen molar-refractivity contribution < 1.29 is 4.74 Å². The molecule has 0 aliphatic carbocycles. The van der Waals surface area contributed by atoms with Crippen LogP contribution in [0.15, 0.2) is 77.9 Å². The van der Waals surface area contributed by atoms with E-state index in [1.54, 1.807) is 7.11 Å². The molecule has 1 heterocycles. The molecule has 0 saturated carbocycles. The molecule has 3 nitrogen and oxygen atoms in total. The highest BCUT2D eigenvalue weighted by atomic mass is 16.5. The number of hydrogen-bond acceptors (Lipinski definition) is 2. The van der Waals surface area contributed by atoms with Gasteiger partial charge in [-0.3, -0.25) is 4.99 Å². The van der Waals surface area contributed by atoms with E-state index in [9.17, 15) is 0 Å². The Morgan fingerprint density at radius 3 is 2.65 bits per heavy atom. The third-order valence-electron chi connectivity index (χ3n) is 5.90. The van der Waals surface area contributed by atoms with Gasteiger partial charge in [0.25, 0.3) is 0 Å². The average Bonchev–Trinajstić information content (AvgIpc) is 3.21. The molecule has 0 amide bonds. The molecule has 0 aliphatic rings. The Hall–Kier alpha value is -3.33. The van der Waals surface area contributed by atoms with E-state index in [4.69, 9.17) is 9.73 Å². The van der Waals surface area contributed by atoms with Crippen molar-refractivity contribution in [1.29, 1.82) is 0 Å². The number of H-pyrrole nitrogens is 1. The van der Waals surface area contributed by atoms with Crippen molar-refractivity contribution in [3.63, 3.8) is 0 Å². The molecule has 0 atom stereocenters. The van der Waals surface area contributed by atoms with Crippen molar-refractivity contribution in [2.24, 2.45) is 4.99 Å². The van der Waals surface area contributed by atoms with Crippen LogP contribution < -0.4 is 4.74 Å². The molecule has 3 heteroatoms. The number of aliphatic imine (C=N–C) groups is 1. The zero-order valence-corrected chi connectivity index (χ0v) is 18.6. The van der Waals surface area contributed by atoms with E-state index in [2.05, 4.69) is 79.6 Å². The highest BCUT2D eigenvalue weighted by Crippen LogP contribution is 2.22. The quantitative estimate of drug-likeness (QED) is 0.336. The maximum absolute atomic E-state index is 5.50. The normalized spacial score (nSPS) is 11.8. The number of ether oxygens (including phenoxy) is 1. The van der Waals surface area contributed by atoms with Crippen molar-refractivity contribution in [3.05, 3.63) is 101 Å². The number of aryl methyl sites for hydroxylation is 1. The maximum atomic E-state index is 5.50. The first-order chi connectivity index (χ1) is 15.2. The lowest BCUT2D eigenvalue weighted by Crippen LogP contribution is -2.00. The smallest absolute Gasteiger partial charge is 0.122 e. The molecule has 4 aromatic rings. The van der Waals surface area contributed by atoms with E-state index in [0.717, 1.165) is 37.3 Å². The monoisotopic (exact) mass is 410 g/mol. The highest BCUT2D eigenvalue weighted by molar-refractivity contribution is 5.98. The Morgan fingerprint density at radius 2 is 1.81 bits per heavy atom. The van der Waals surface area contributed by atoms with Gasteiger partial charge in [0.1, 0.15) is 5.75 Å². The van der Waals surface area contributed by atoms with Crippen molar-refractivity contribution in [2.45, 2.75) is 33.1 Å². The molecule has 0 saturated heterocycles. The average molecular weight is 411 g/mol.